The van der Waals surface area contributed by atoms with Gasteiger partial charge in [-0.1, -0.05) is 12.1 Å². The molecular weight excluding hydrogens is 257 g/mol. The minimum absolute atomic E-state index is 0.193. The second-order valence-corrected chi connectivity index (χ2v) is 4.25. The van der Waals surface area contributed by atoms with Gasteiger partial charge in [0.15, 0.2) is 0 Å². The van der Waals surface area contributed by atoms with Crippen LogP contribution in [0.25, 0.3) is 11.1 Å². The van der Waals surface area contributed by atoms with E-state index in [1.165, 1.54) is 6.07 Å². The SMILES string of the molecule is COc1cc(OC)cc(-c2ccc(CC#N)cc2F)c1. The molecular formula is C16H14FNO2. The fourth-order valence-corrected chi connectivity index (χ4v) is 1.96. The highest BCUT2D eigenvalue weighted by Crippen LogP contribution is 2.31. The van der Waals surface area contributed by atoms with Gasteiger partial charge in [0.2, 0.25) is 0 Å². The molecule has 0 aromatic heterocycles. The zero-order valence-corrected chi connectivity index (χ0v) is 11.3. The maximum absolute atomic E-state index is 14.1. The Morgan fingerprint density at radius 1 is 1.05 bits per heavy atom. The lowest BCUT2D eigenvalue weighted by Crippen LogP contribution is -1.92. The molecule has 0 N–H and O–H groups in total. The molecule has 102 valence electrons. The quantitative estimate of drug-likeness (QED) is 0.853. The van der Waals surface area contributed by atoms with Gasteiger partial charge in [-0.25, -0.2) is 4.39 Å². The van der Waals surface area contributed by atoms with E-state index in [1.807, 2.05) is 6.07 Å². The van der Waals surface area contributed by atoms with Crippen LogP contribution in [-0.4, -0.2) is 14.2 Å². The fraction of sp³-hybridized carbons (Fsp3) is 0.188. The summed E-state index contributed by atoms with van der Waals surface area (Å²) in [5.41, 5.74) is 1.77. The van der Waals surface area contributed by atoms with Gasteiger partial charge in [-0.15, -0.1) is 0 Å². The predicted octanol–water partition coefficient (Wildman–Crippen LogP) is 3.58. The molecule has 0 saturated carbocycles. The third-order valence-corrected chi connectivity index (χ3v) is 2.98. The zero-order valence-electron chi connectivity index (χ0n) is 11.3. The lowest BCUT2D eigenvalue weighted by molar-refractivity contribution is 0.394. The summed E-state index contributed by atoms with van der Waals surface area (Å²) in [6.45, 7) is 0. The number of hydrogen-bond acceptors (Lipinski definition) is 3. The Morgan fingerprint density at radius 2 is 1.70 bits per heavy atom. The minimum Gasteiger partial charge on any atom is -0.497 e. The van der Waals surface area contributed by atoms with Crippen LogP contribution in [0.15, 0.2) is 36.4 Å². The first-order valence-electron chi connectivity index (χ1n) is 6.06. The van der Waals surface area contributed by atoms with Crippen molar-refractivity contribution in [2.24, 2.45) is 0 Å². The van der Waals surface area contributed by atoms with Crippen molar-refractivity contribution >= 4 is 0 Å². The van der Waals surface area contributed by atoms with Crippen LogP contribution in [0.4, 0.5) is 4.39 Å². The summed E-state index contributed by atoms with van der Waals surface area (Å²) >= 11 is 0. The van der Waals surface area contributed by atoms with Gasteiger partial charge in [0.1, 0.15) is 17.3 Å². The van der Waals surface area contributed by atoms with Crippen molar-refractivity contribution in [2.45, 2.75) is 6.42 Å². The first kappa shape index (κ1) is 13.9. The molecule has 0 aliphatic heterocycles. The molecule has 2 aromatic rings. The van der Waals surface area contributed by atoms with Crippen LogP contribution in [0.5, 0.6) is 11.5 Å². The fourth-order valence-electron chi connectivity index (χ4n) is 1.96. The molecule has 0 amide bonds. The van der Waals surface area contributed by atoms with Crippen LogP contribution in [-0.2, 0) is 6.42 Å². The number of halogens is 1. The van der Waals surface area contributed by atoms with Crippen LogP contribution in [0.3, 0.4) is 0 Å². The lowest BCUT2D eigenvalue weighted by atomic mass is 10.0. The Hall–Kier alpha value is -2.54. The largest absolute Gasteiger partial charge is 0.497 e. The number of rotatable bonds is 4. The highest BCUT2D eigenvalue weighted by atomic mass is 19.1. The normalized spacial score (nSPS) is 9.90. The van der Waals surface area contributed by atoms with Crippen LogP contribution in [0, 0.1) is 17.1 Å². The molecule has 0 aliphatic rings. The topological polar surface area (TPSA) is 42.2 Å². The molecule has 0 bridgehead atoms. The van der Waals surface area contributed by atoms with Gasteiger partial charge in [0.05, 0.1) is 26.7 Å². The maximum atomic E-state index is 14.1. The third-order valence-electron chi connectivity index (χ3n) is 2.98. The smallest absolute Gasteiger partial charge is 0.131 e. The molecule has 0 spiro atoms. The summed E-state index contributed by atoms with van der Waals surface area (Å²) in [5.74, 6) is 0.827. The standard InChI is InChI=1S/C16H14FNO2/c1-19-13-8-12(9-14(10-13)20-2)15-4-3-11(5-6-18)7-16(15)17/h3-4,7-10H,5H2,1-2H3. The van der Waals surface area contributed by atoms with Crippen molar-refractivity contribution in [1.29, 1.82) is 5.26 Å². The van der Waals surface area contributed by atoms with Crippen molar-refractivity contribution in [1.82, 2.24) is 0 Å². The van der Waals surface area contributed by atoms with Crippen molar-refractivity contribution in [2.75, 3.05) is 14.2 Å². The highest BCUT2D eigenvalue weighted by Gasteiger charge is 2.09. The maximum Gasteiger partial charge on any atom is 0.131 e. The summed E-state index contributed by atoms with van der Waals surface area (Å²) in [4.78, 5) is 0. The Kier molecular flexibility index (Phi) is 4.21. The Balaban J connectivity index is 2.48. The number of methoxy groups -OCH3 is 2. The van der Waals surface area contributed by atoms with Gasteiger partial charge in [-0.2, -0.15) is 5.26 Å². The average Bonchev–Trinajstić information content (AvgIpc) is 2.47. The van der Waals surface area contributed by atoms with Crippen LogP contribution in [0.2, 0.25) is 0 Å². The van der Waals surface area contributed by atoms with E-state index in [0.29, 0.717) is 28.2 Å². The summed E-state index contributed by atoms with van der Waals surface area (Å²) < 4.78 is 24.5. The number of benzene rings is 2. The van der Waals surface area contributed by atoms with E-state index in [4.69, 9.17) is 14.7 Å². The Morgan fingerprint density at radius 3 is 2.20 bits per heavy atom. The molecule has 2 rings (SSSR count). The van der Waals surface area contributed by atoms with E-state index in [1.54, 1.807) is 44.6 Å². The molecule has 0 saturated heterocycles. The second-order valence-electron chi connectivity index (χ2n) is 4.25. The minimum atomic E-state index is -0.368. The monoisotopic (exact) mass is 271 g/mol. The molecule has 4 heteroatoms. The van der Waals surface area contributed by atoms with Gasteiger partial charge in [-0.05, 0) is 29.3 Å². The first-order valence-corrected chi connectivity index (χ1v) is 6.06. The second kappa shape index (κ2) is 6.07. The zero-order chi connectivity index (χ0) is 14.5. The van der Waals surface area contributed by atoms with Crippen LogP contribution in [0.1, 0.15) is 5.56 Å². The summed E-state index contributed by atoms with van der Waals surface area (Å²) in [7, 11) is 3.09. The molecule has 0 heterocycles. The van der Waals surface area contributed by atoms with E-state index >= 15 is 0 Å². The highest BCUT2D eigenvalue weighted by molar-refractivity contribution is 5.68. The van der Waals surface area contributed by atoms with Crippen LogP contribution >= 0.6 is 0 Å². The molecule has 0 atom stereocenters. The molecule has 20 heavy (non-hydrogen) atoms. The van der Waals surface area contributed by atoms with Gasteiger partial charge >= 0.3 is 0 Å². The van der Waals surface area contributed by atoms with Crippen LogP contribution < -0.4 is 9.47 Å². The number of nitriles is 1. The van der Waals surface area contributed by atoms with E-state index in [9.17, 15) is 4.39 Å². The van der Waals surface area contributed by atoms with Crippen molar-refractivity contribution in [3.8, 4) is 28.7 Å². The van der Waals surface area contributed by atoms with Crippen molar-refractivity contribution in [3.63, 3.8) is 0 Å². The Bertz CT molecular complexity index is 640. The molecule has 0 unspecified atom stereocenters. The van der Waals surface area contributed by atoms with Crippen molar-refractivity contribution in [3.05, 3.63) is 47.8 Å². The molecule has 0 fully saturated rings. The number of hydrogen-bond donors (Lipinski definition) is 0. The van der Waals surface area contributed by atoms with E-state index in [-0.39, 0.29) is 12.2 Å². The Labute approximate surface area is 117 Å². The average molecular weight is 271 g/mol. The summed E-state index contributed by atoms with van der Waals surface area (Å²) in [6.07, 6.45) is 0.193. The molecule has 2 aromatic carbocycles. The summed E-state index contributed by atoms with van der Waals surface area (Å²) in [6, 6.07) is 12.0. The first-order chi connectivity index (χ1) is 9.67. The van der Waals surface area contributed by atoms with E-state index in [2.05, 4.69) is 0 Å². The lowest BCUT2D eigenvalue weighted by Gasteiger charge is -2.10. The third kappa shape index (κ3) is 2.89. The molecule has 3 nitrogen and oxygen atoms in total. The molecule has 0 aliphatic carbocycles. The van der Waals surface area contributed by atoms with E-state index < -0.39 is 0 Å². The van der Waals surface area contributed by atoms with E-state index in [0.717, 1.165) is 0 Å². The number of ether oxygens (including phenoxy) is 2. The summed E-state index contributed by atoms with van der Waals surface area (Å²) in [5, 5.41) is 8.63. The van der Waals surface area contributed by atoms with Gasteiger partial charge in [0.25, 0.3) is 0 Å². The van der Waals surface area contributed by atoms with Gasteiger partial charge in [-0.3, -0.25) is 0 Å². The van der Waals surface area contributed by atoms with Gasteiger partial charge < -0.3 is 9.47 Å². The van der Waals surface area contributed by atoms with Gasteiger partial charge in [0, 0.05) is 11.6 Å². The molecule has 0 radical (unpaired) electrons. The van der Waals surface area contributed by atoms with Crippen molar-refractivity contribution < 1.29 is 13.9 Å². The number of nitrogens with zero attached hydrogens (tertiary/aromatic N) is 1. The predicted molar refractivity (Wildman–Crippen MR) is 74.3 cm³/mol.